The number of alkyl halides is 3. The number of nitrogens with zero attached hydrogens (tertiary/aromatic N) is 2. The fraction of sp³-hybridized carbons (Fsp3) is 0.950. The van der Waals surface area contributed by atoms with Crippen molar-refractivity contribution in [2.75, 3.05) is 59.1 Å². The van der Waals surface area contributed by atoms with Crippen molar-refractivity contribution in [1.82, 2.24) is 15.5 Å². The monoisotopic (exact) mass is 550 g/mol. The highest BCUT2D eigenvalue weighted by atomic mass is 127. The van der Waals surface area contributed by atoms with Crippen molar-refractivity contribution in [2.45, 2.75) is 57.7 Å². The number of halogens is 4. The van der Waals surface area contributed by atoms with Gasteiger partial charge in [0.25, 0.3) is 0 Å². The highest BCUT2D eigenvalue weighted by Crippen LogP contribution is 2.23. The topological polar surface area (TPSA) is 58.1 Å². The van der Waals surface area contributed by atoms with Crippen molar-refractivity contribution in [3.05, 3.63) is 0 Å². The molecule has 0 bridgehead atoms. The number of likely N-dealkylation sites (tertiary alicyclic amines) is 1. The lowest BCUT2D eigenvalue weighted by molar-refractivity contribution is -0.148. The van der Waals surface area contributed by atoms with Crippen LogP contribution in [0.2, 0.25) is 0 Å². The Bertz CT molecular complexity index is 469. The SMILES string of the molecule is CCNC(=NCCCOC1CCOCC1)NCCC1CCN(CC(F)(F)F)CC1.I. The average Bonchev–Trinajstić information content (AvgIpc) is 2.68. The summed E-state index contributed by atoms with van der Waals surface area (Å²) in [5, 5.41) is 6.59. The lowest BCUT2D eigenvalue weighted by Crippen LogP contribution is -2.41. The molecule has 0 aromatic heterocycles. The summed E-state index contributed by atoms with van der Waals surface area (Å²) in [6.07, 6.45) is 1.67. The zero-order valence-electron chi connectivity index (χ0n) is 18.0. The van der Waals surface area contributed by atoms with Gasteiger partial charge in [-0.2, -0.15) is 13.2 Å². The molecule has 0 spiro atoms. The molecule has 2 N–H and O–H groups in total. The molecule has 0 amide bonds. The van der Waals surface area contributed by atoms with Gasteiger partial charge in [0.2, 0.25) is 0 Å². The third-order valence-electron chi connectivity index (χ3n) is 5.39. The quantitative estimate of drug-likeness (QED) is 0.189. The molecule has 2 aliphatic heterocycles. The molecule has 0 saturated carbocycles. The zero-order valence-corrected chi connectivity index (χ0v) is 20.3. The van der Waals surface area contributed by atoms with Gasteiger partial charge < -0.3 is 20.1 Å². The molecule has 0 aromatic rings. The van der Waals surface area contributed by atoms with E-state index >= 15 is 0 Å². The Morgan fingerprint density at radius 1 is 1.13 bits per heavy atom. The van der Waals surface area contributed by atoms with Gasteiger partial charge in [-0.15, -0.1) is 24.0 Å². The Kier molecular flexibility index (Phi) is 14.3. The molecule has 10 heteroatoms. The molecule has 30 heavy (non-hydrogen) atoms. The molecule has 2 saturated heterocycles. The Labute approximate surface area is 195 Å². The van der Waals surface area contributed by atoms with Crippen LogP contribution in [0.15, 0.2) is 4.99 Å². The van der Waals surface area contributed by atoms with E-state index in [4.69, 9.17) is 9.47 Å². The average molecular weight is 550 g/mol. The maximum Gasteiger partial charge on any atom is 0.401 e. The molecule has 0 aromatic carbocycles. The van der Waals surface area contributed by atoms with E-state index in [1.807, 2.05) is 6.92 Å². The van der Waals surface area contributed by atoms with Crippen molar-refractivity contribution in [3.8, 4) is 0 Å². The molecule has 2 aliphatic rings. The number of ether oxygens (including phenoxy) is 2. The second-order valence-electron chi connectivity index (χ2n) is 7.85. The van der Waals surface area contributed by atoms with Gasteiger partial charge in [0.15, 0.2) is 5.96 Å². The van der Waals surface area contributed by atoms with Gasteiger partial charge in [-0.3, -0.25) is 9.89 Å². The van der Waals surface area contributed by atoms with Gasteiger partial charge in [0.05, 0.1) is 12.6 Å². The van der Waals surface area contributed by atoms with E-state index in [-0.39, 0.29) is 24.0 Å². The minimum Gasteiger partial charge on any atom is -0.381 e. The molecule has 0 unspecified atom stereocenters. The summed E-state index contributed by atoms with van der Waals surface area (Å²) in [4.78, 5) is 6.10. The Balaban J connectivity index is 0.00000450. The summed E-state index contributed by atoms with van der Waals surface area (Å²) in [6.45, 7) is 6.89. The van der Waals surface area contributed by atoms with Gasteiger partial charge in [-0.25, -0.2) is 0 Å². The third kappa shape index (κ3) is 12.5. The van der Waals surface area contributed by atoms with Crippen LogP contribution in [-0.2, 0) is 9.47 Å². The third-order valence-corrected chi connectivity index (χ3v) is 5.39. The smallest absolute Gasteiger partial charge is 0.381 e. The largest absolute Gasteiger partial charge is 0.401 e. The second kappa shape index (κ2) is 15.5. The highest BCUT2D eigenvalue weighted by molar-refractivity contribution is 14.0. The van der Waals surface area contributed by atoms with E-state index in [1.54, 1.807) is 0 Å². The highest BCUT2D eigenvalue weighted by Gasteiger charge is 2.32. The normalized spacial score (nSPS) is 20.1. The number of rotatable bonds is 10. The standard InChI is InChI=1S/C20H37F3N4O2.HI/c1-2-24-19(25-9-3-13-29-18-7-14-28-15-8-18)26-10-4-17-5-11-27(12-6-17)16-20(21,22)23;/h17-18H,2-16H2,1H3,(H2,24,25,26);1H. The summed E-state index contributed by atoms with van der Waals surface area (Å²) in [5.41, 5.74) is 0. The van der Waals surface area contributed by atoms with Crippen LogP contribution < -0.4 is 10.6 Å². The van der Waals surface area contributed by atoms with E-state index in [0.29, 0.717) is 38.3 Å². The molecule has 0 aliphatic carbocycles. The first-order valence-corrected chi connectivity index (χ1v) is 11.0. The Morgan fingerprint density at radius 3 is 2.47 bits per heavy atom. The molecular weight excluding hydrogens is 512 g/mol. The van der Waals surface area contributed by atoms with E-state index in [0.717, 1.165) is 70.8 Å². The van der Waals surface area contributed by atoms with E-state index < -0.39 is 12.7 Å². The van der Waals surface area contributed by atoms with Crippen LogP contribution in [0, 0.1) is 5.92 Å². The summed E-state index contributed by atoms with van der Waals surface area (Å²) in [6, 6.07) is 0. The van der Waals surface area contributed by atoms with Crippen LogP contribution in [0.3, 0.4) is 0 Å². The molecule has 178 valence electrons. The number of hydrogen-bond acceptors (Lipinski definition) is 4. The molecule has 2 rings (SSSR count). The number of piperidine rings is 1. The van der Waals surface area contributed by atoms with E-state index in [9.17, 15) is 13.2 Å². The second-order valence-corrected chi connectivity index (χ2v) is 7.85. The predicted octanol–water partition coefficient (Wildman–Crippen LogP) is 3.41. The zero-order chi connectivity index (χ0) is 21.0. The van der Waals surface area contributed by atoms with Gasteiger partial charge in [-0.05, 0) is 64.5 Å². The van der Waals surface area contributed by atoms with Crippen molar-refractivity contribution < 1.29 is 22.6 Å². The van der Waals surface area contributed by atoms with E-state index in [2.05, 4.69) is 15.6 Å². The summed E-state index contributed by atoms with van der Waals surface area (Å²) in [7, 11) is 0. The maximum atomic E-state index is 12.5. The first-order chi connectivity index (χ1) is 14.0. The first-order valence-electron chi connectivity index (χ1n) is 11.0. The minimum absolute atomic E-state index is 0. The number of guanidine groups is 1. The van der Waals surface area contributed by atoms with Crippen molar-refractivity contribution in [1.29, 1.82) is 0 Å². The number of hydrogen-bond donors (Lipinski definition) is 2. The number of aliphatic imine (C=N–C) groups is 1. The van der Waals surface area contributed by atoms with Crippen LogP contribution in [0.5, 0.6) is 0 Å². The molecule has 2 heterocycles. The summed E-state index contributed by atoms with van der Waals surface area (Å²) < 4.78 is 48.6. The predicted molar refractivity (Wildman–Crippen MR) is 124 cm³/mol. The number of nitrogens with one attached hydrogen (secondary N) is 2. The lowest BCUT2D eigenvalue weighted by atomic mass is 9.93. The van der Waals surface area contributed by atoms with Crippen LogP contribution in [0.1, 0.15) is 45.4 Å². The van der Waals surface area contributed by atoms with E-state index in [1.165, 1.54) is 4.90 Å². The van der Waals surface area contributed by atoms with Crippen molar-refractivity contribution >= 4 is 29.9 Å². The molecule has 2 fully saturated rings. The van der Waals surface area contributed by atoms with Crippen LogP contribution in [0.25, 0.3) is 0 Å². The van der Waals surface area contributed by atoms with Gasteiger partial charge in [-0.1, -0.05) is 0 Å². The molecular formula is C20H38F3IN4O2. The molecule has 0 atom stereocenters. The fourth-order valence-corrected chi connectivity index (χ4v) is 3.77. The fourth-order valence-electron chi connectivity index (χ4n) is 3.77. The van der Waals surface area contributed by atoms with Gasteiger partial charge in [0.1, 0.15) is 0 Å². The van der Waals surface area contributed by atoms with Crippen molar-refractivity contribution in [3.63, 3.8) is 0 Å². The van der Waals surface area contributed by atoms with Crippen LogP contribution in [0.4, 0.5) is 13.2 Å². The minimum atomic E-state index is -4.10. The molecule has 0 radical (unpaired) electrons. The van der Waals surface area contributed by atoms with Gasteiger partial charge in [0, 0.05) is 39.5 Å². The summed E-state index contributed by atoms with van der Waals surface area (Å²) in [5.74, 6) is 1.27. The first kappa shape index (κ1) is 27.7. The maximum absolute atomic E-state index is 12.5. The van der Waals surface area contributed by atoms with Gasteiger partial charge >= 0.3 is 6.18 Å². The Hall–Kier alpha value is -0.330. The molecule has 6 nitrogen and oxygen atoms in total. The Morgan fingerprint density at radius 2 is 1.83 bits per heavy atom. The summed E-state index contributed by atoms with van der Waals surface area (Å²) >= 11 is 0. The van der Waals surface area contributed by atoms with Crippen molar-refractivity contribution in [2.24, 2.45) is 10.9 Å². The lowest BCUT2D eigenvalue weighted by Gasteiger charge is -2.32. The van der Waals surface area contributed by atoms with Crippen LogP contribution in [-0.4, -0.2) is 82.2 Å². The van der Waals surface area contributed by atoms with Crippen LogP contribution >= 0.6 is 24.0 Å².